The fourth-order valence-electron chi connectivity index (χ4n) is 2.08. The predicted octanol–water partition coefficient (Wildman–Crippen LogP) is 2.24. The number of carbonyl (C=O) groups excluding carboxylic acids is 1. The molecule has 1 amide bonds. The van der Waals surface area contributed by atoms with Crippen molar-refractivity contribution in [2.45, 2.75) is 18.9 Å². The van der Waals surface area contributed by atoms with Crippen molar-refractivity contribution >= 4 is 23.2 Å². The van der Waals surface area contributed by atoms with Crippen LogP contribution in [0.4, 0.5) is 5.69 Å². The SMILES string of the molecule is CN1C[C@H](Nc2cc(Cl)ccc2C#N)CCC1=O. The quantitative estimate of drug-likeness (QED) is 0.890. The maximum atomic E-state index is 11.4. The molecule has 5 heteroatoms. The number of likely N-dealkylation sites (N-methyl/N-ethyl adjacent to an activating group) is 1. The molecule has 0 bridgehead atoms. The monoisotopic (exact) mass is 263 g/mol. The van der Waals surface area contributed by atoms with Crippen LogP contribution in [0.1, 0.15) is 18.4 Å². The Labute approximate surface area is 111 Å². The zero-order chi connectivity index (χ0) is 13.1. The van der Waals surface area contributed by atoms with Gasteiger partial charge in [0.2, 0.25) is 5.91 Å². The van der Waals surface area contributed by atoms with Crippen LogP contribution in [0.2, 0.25) is 5.02 Å². The van der Waals surface area contributed by atoms with E-state index >= 15 is 0 Å². The fraction of sp³-hybridized carbons (Fsp3) is 0.385. The molecule has 0 radical (unpaired) electrons. The Morgan fingerprint density at radius 3 is 3.00 bits per heavy atom. The molecule has 0 saturated carbocycles. The molecule has 1 heterocycles. The molecule has 0 aliphatic carbocycles. The highest BCUT2D eigenvalue weighted by Gasteiger charge is 2.23. The van der Waals surface area contributed by atoms with Gasteiger partial charge in [-0.25, -0.2) is 0 Å². The number of hydrogen-bond acceptors (Lipinski definition) is 3. The van der Waals surface area contributed by atoms with Gasteiger partial charge < -0.3 is 10.2 Å². The smallest absolute Gasteiger partial charge is 0.222 e. The van der Waals surface area contributed by atoms with E-state index in [9.17, 15) is 4.79 Å². The Bertz CT molecular complexity index is 509. The van der Waals surface area contributed by atoms with Crippen molar-refractivity contribution in [1.29, 1.82) is 5.26 Å². The third kappa shape index (κ3) is 2.74. The lowest BCUT2D eigenvalue weighted by Gasteiger charge is -2.31. The van der Waals surface area contributed by atoms with Crippen molar-refractivity contribution < 1.29 is 4.79 Å². The Morgan fingerprint density at radius 2 is 2.33 bits per heavy atom. The number of rotatable bonds is 2. The highest BCUT2D eigenvalue weighted by molar-refractivity contribution is 6.30. The van der Waals surface area contributed by atoms with Gasteiger partial charge in [0.1, 0.15) is 6.07 Å². The second-order valence-electron chi connectivity index (χ2n) is 4.46. The van der Waals surface area contributed by atoms with Crippen LogP contribution in [0.5, 0.6) is 0 Å². The van der Waals surface area contributed by atoms with Crippen LogP contribution in [0.25, 0.3) is 0 Å². The molecule has 1 fully saturated rings. The van der Waals surface area contributed by atoms with E-state index in [1.54, 1.807) is 30.1 Å². The molecule has 1 aromatic rings. The molecule has 94 valence electrons. The second kappa shape index (κ2) is 5.28. The third-order valence-electron chi connectivity index (χ3n) is 3.09. The zero-order valence-corrected chi connectivity index (χ0v) is 10.9. The van der Waals surface area contributed by atoms with E-state index in [0.717, 1.165) is 12.1 Å². The van der Waals surface area contributed by atoms with Crippen molar-refractivity contribution in [3.63, 3.8) is 0 Å². The maximum absolute atomic E-state index is 11.4. The van der Waals surface area contributed by atoms with E-state index < -0.39 is 0 Å². The number of carbonyl (C=O) groups is 1. The van der Waals surface area contributed by atoms with E-state index in [1.807, 2.05) is 0 Å². The summed E-state index contributed by atoms with van der Waals surface area (Å²) in [6.45, 7) is 0.649. The van der Waals surface area contributed by atoms with E-state index in [4.69, 9.17) is 16.9 Å². The molecule has 0 spiro atoms. The van der Waals surface area contributed by atoms with Crippen LogP contribution in [-0.2, 0) is 4.79 Å². The number of benzene rings is 1. The van der Waals surface area contributed by atoms with Crippen molar-refractivity contribution in [3.05, 3.63) is 28.8 Å². The van der Waals surface area contributed by atoms with Crippen molar-refractivity contribution in [2.24, 2.45) is 0 Å². The van der Waals surface area contributed by atoms with Gasteiger partial charge in [0.25, 0.3) is 0 Å². The molecule has 1 saturated heterocycles. The molecule has 2 rings (SSSR count). The lowest BCUT2D eigenvalue weighted by Crippen LogP contribution is -2.43. The summed E-state index contributed by atoms with van der Waals surface area (Å²) in [5.41, 5.74) is 1.30. The summed E-state index contributed by atoms with van der Waals surface area (Å²) >= 11 is 5.93. The molecule has 1 atom stereocenters. The molecular weight excluding hydrogens is 250 g/mol. The van der Waals surface area contributed by atoms with Crippen molar-refractivity contribution in [3.8, 4) is 6.07 Å². The van der Waals surface area contributed by atoms with Gasteiger partial charge in [-0.1, -0.05) is 11.6 Å². The van der Waals surface area contributed by atoms with Gasteiger partial charge in [-0.2, -0.15) is 5.26 Å². The average Bonchev–Trinajstić information content (AvgIpc) is 2.34. The molecule has 0 aromatic heterocycles. The van der Waals surface area contributed by atoms with Crippen molar-refractivity contribution in [1.82, 2.24) is 4.90 Å². The highest BCUT2D eigenvalue weighted by atomic mass is 35.5. The van der Waals surface area contributed by atoms with Gasteiger partial charge in [0.15, 0.2) is 0 Å². The molecule has 1 N–H and O–H groups in total. The first-order chi connectivity index (χ1) is 8.60. The van der Waals surface area contributed by atoms with E-state index in [-0.39, 0.29) is 11.9 Å². The molecule has 1 aliphatic rings. The van der Waals surface area contributed by atoms with Gasteiger partial charge in [0.05, 0.1) is 11.3 Å². The maximum Gasteiger partial charge on any atom is 0.222 e. The number of amides is 1. The number of nitrogens with one attached hydrogen (secondary N) is 1. The Kier molecular flexibility index (Phi) is 3.73. The van der Waals surface area contributed by atoms with Gasteiger partial charge >= 0.3 is 0 Å². The largest absolute Gasteiger partial charge is 0.379 e. The molecule has 18 heavy (non-hydrogen) atoms. The second-order valence-corrected chi connectivity index (χ2v) is 4.89. The van der Waals surface area contributed by atoms with Gasteiger partial charge in [-0.15, -0.1) is 0 Å². The highest BCUT2D eigenvalue weighted by Crippen LogP contribution is 2.23. The summed E-state index contributed by atoms with van der Waals surface area (Å²) in [6.07, 6.45) is 1.32. The first kappa shape index (κ1) is 12.7. The molecule has 1 aliphatic heterocycles. The number of anilines is 1. The number of halogens is 1. The van der Waals surface area contributed by atoms with Crippen LogP contribution in [0, 0.1) is 11.3 Å². The van der Waals surface area contributed by atoms with Crippen LogP contribution in [0.15, 0.2) is 18.2 Å². The number of nitrogens with zero attached hydrogens (tertiary/aromatic N) is 2. The summed E-state index contributed by atoms with van der Waals surface area (Å²) in [6, 6.07) is 7.44. The minimum atomic E-state index is 0.165. The summed E-state index contributed by atoms with van der Waals surface area (Å²) in [7, 11) is 1.79. The molecular formula is C13H14ClN3O. The molecule has 4 nitrogen and oxygen atoms in total. The van der Waals surface area contributed by atoms with Gasteiger partial charge in [-0.3, -0.25) is 4.79 Å². The summed E-state index contributed by atoms with van der Waals surface area (Å²) in [5, 5.41) is 12.9. The first-order valence-electron chi connectivity index (χ1n) is 5.80. The third-order valence-corrected chi connectivity index (χ3v) is 3.32. The van der Waals surface area contributed by atoms with E-state index in [0.29, 0.717) is 23.6 Å². The number of hydrogen-bond donors (Lipinski definition) is 1. The fourth-order valence-corrected chi connectivity index (χ4v) is 2.26. The lowest BCUT2D eigenvalue weighted by atomic mass is 10.0. The average molecular weight is 264 g/mol. The predicted molar refractivity (Wildman–Crippen MR) is 70.4 cm³/mol. The number of nitriles is 1. The van der Waals surface area contributed by atoms with Crippen LogP contribution in [-0.4, -0.2) is 30.4 Å². The normalized spacial score (nSPS) is 19.5. The summed E-state index contributed by atoms with van der Waals surface area (Å²) in [5.74, 6) is 0.166. The molecule has 1 aromatic carbocycles. The van der Waals surface area contributed by atoms with Crippen LogP contribution < -0.4 is 5.32 Å². The van der Waals surface area contributed by atoms with E-state index in [2.05, 4.69) is 11.4 Å². The Balaban J connectivity index is 2.12. The summed E-state index contributed by atoms with van der Waals surface area (Å²) in [4.78, 5) is 13.1. The zero-order valence-electron chi connectivity index (χ0n) is 10.1. The minimum absolute atomic E-state index is 0.165. The lowest BCUT2D eigenvalue weighted by molar-refractivity contribution is -0.132. The van der Waals surface area contributed by atoms with Gasteiger partial charge in [-0.05, 0) is 24.6 Å². The van der Waals surface area contributed by atoms with Gasteiger partial charge in [0, 0.05) is 31.1 Å². The topological polar surface area (TPSA) is 56.1 Å². The molecule has 0 unspecified atom stereocenters. The van der Waals surface area contributed by atoms with Crippen LogP contribution in [0.3, 0.4) is 0 Å². The Hall–Kier alpha value is -1.73. The van der Waals surface area contributed by atoms with E-state index in [1.165, 1.54) is 0 Å². The summed E-state index contributed by atoms with van der Waals surface area (Å²) < 4.78 is 0. The Morgan fingerprint density at radius 1 is 1.56 bits per heavy atom. The van der Waals surface area contributed by atoms with Crippen molar-refractivity contribution in [2.75, 3.05) is 18.9 Å². The number of likely N-dealkylation sites (tertiary alicyclic amines) is 1. The minimum Gasteiger partial charge on any atom is -0.379 e. The standard InChI is InChI=1S/C13H14ClN3O/c1-17-8-11(4-5-13(17)18)16-12-6-10(14)3-2-9(12)7-15/h2-3,6,11,16H,4-5,8H2,1H3/t11-/m1/s1. The van der Waals surface area contributed by atoms with Crippen LogP contribution >= 0.6 is 11.6 Å². The first-order valence-corrected chi connectivity index (χ1v) is 6.18. The number of piperidine rings is 1.